The number of anilines is 2. The minimum atomic E-state index is -3.59. The van der Waals surface area contributed by atoms with Crippen LogP contribution in [0.25, 0.3) is 16.9 Å². The Morgan fingerprint density at radius 2 is 1.80 bits per heavy atom. The van der Waals surface area contributed by atoms with Crippen LogP contribution in [0.3, 0.4) is 0 Å². The Morgan fingerprint density at radius 1 is 1.07 bits per heavy atom. The van der Waals surface area contributed by atoms with Crippen molar-refractivity contribution < 1.29 is 8.42 Å². The van der Waals surface area contributed by atoms with E-state index < -0.39 is 10.0 Å². The summed E-state index contributed by atoms with van der Waals surface area (Å²) >= 11 is 0. The van der Waals surface area contributed by atoms with Gasteiger partial charge >= 0.3 is 0 Å². The van der Waals surface area contributed by atoms with Gasteiger partial charge in [-0.3, -0.25) is 0 Å². The summed E-state index contributed by atoms with van der Waals surface area (Å²) in [5, 5.41) is 7.55. The van der Waals surface area contributed by atoms with Gasteiger partial charge in [0.2, 0.25) is 10.0 Å². The van der Waals surface area contributed by atoms with Gasteiger partial charge in [-0.1, -0.05) is 30.3 Å². The molecule has 4 rings (SSSR count). The molecular formula is C20H19BN6O2S. The monoisotopic (exact) mass is 418 g/mol. The van der Waals surface area contributed by atoms with E-state index in [4.69, 9.17) is 13.6 Å². The molecule has 2 aromatic heterocycles. The molecule has 0 atom stereocenters. The van der Waals surface area contributed by atoms with Crippen LogP contribution in [0, 0.1) is 0 Å². The third kappa shape index (κ3) is 4.06. The van der Waals surface area contributed by atoms with Crippen LogP contribution in [0.2, 0.25) is 0 Å². The molecule has 0 unspecified atom stereocenters. The average Bonchev–Trinajstić information content (AvgIpc) is 3.14. The predicted molar refractivity (Wildman–Crippen MR) is 118 cm³/mol. The average molecular weight is 418 g/mol. The van der Waals surface area contributed by atoms with Crippen LogP contribution < -0.4 is 21.2 Å². The highest BCUT2D eigenvalue weighted by molar-refractivity contribution is 7.89. The molecular weight excluding hydrogens is 399 g/mol. The van der Waals surface area contributed by atoms with Gasteiger partial charge in [0.1, 0.15) is 13.7 Å². The smallest absolute Gasteiger partial charge is 0.240 e. The quantitative estimate of drug-likeness (QED) is 0.388. The number of fused-ring (bicyclic) bond motifs is 1. The lowest BCUT2D eigenvalue weighted by Crippen LogP contribution is -2.29. The summed E-state index contributed by atoms with van der Waals surface area (Å²) in [5.74, 6) is 0.646. The summed E-state index contributed by atoms with van der Waals surface area (Å²) in [7, 11) is 2.45. The van der Waals surface area contributed by atoms with Gasteiger partial charge in [-0.15, -0.1) is 0 Å². The van der Waals surface area contributed by atoms with Gasteiger partial charge in [0.25, 0.3) is 0 Å². The Morgan fingerprint density at radius 3 is 2.50 bits per heavy atom. The van der Waals surface area contributed by atoms with Gasteiger partial charge in [-0.05, 0) is 29.7 Å². The van der Waals surface area contributed by atoms with E-state index in [0.29, 0.717) is 22.6 Å². The maximum Gasteiger partial charge on any atom is 0.240 e. The van der Waals surface area contributed by atoms with Gasteiger partial charge in [0, 0.05) is 36.6 Å². The number of benzene rings is 2. The number of hydrogen-bond acceptors (Lipinski definition) is 6. The number of nitrogens with zero attached hydrogens (tertiary/aromatic N) is 3. The highest BCUT2D eigenvalue weighted by atomic mass is 32.2. The Hall–Kier alpha value is -3.21. The molecule has 0 aliphatic heterocycles. The maximum absolute atomic E-state index is 12.2. The molecule has 8 nitrogen and oxygen atoms in total. The second kappa shape index (κ2) is 8.27. The predicted octanol–water partition coefficient (Wildman–Crippen LogP) is 1.17. The molecule has 4 aromatic rings. The van der Waals surface area contributed by atoms with Crippen molar-refractivity contribution in [1.29, 1.82) is 0 Å². The fraction of sp³-hybridized carbons (Fsp3) is 0.100. The molecule has 0 saturated carbocycles. The van der Waals surface area contributed by atoms with E-state index in [1.165, 1.54) is 12.1 Å². The standard InChI is InChI=1S/C20H19BN6O2S/c21-17-13-23-27-19(12-18(26-20(17)27)14-4-2-1-3-5-14)25-15-6-8-16(9-7-15)30(28,29)24-11-10-22/h1-9,12-13,24-25H,10-11,22H2. The van der Waals surface area contributed by atoms with Crippen molar-refractivity contribution in [3.63, 3.8) is 0 Å². The van der Waals surface area contributed by atoms with Crippen molar-refractivity contribution >= 4 is 40.5 Å². The zero-order valence-corrected chi connectivity index (χ0v) is 16.8. The molecule has 4 N–H and O–H groups in total. The first-order valence-electron chi connectivity index (χ1n) is 9.24. The molecule has 10 heteroatoms. The third-order valence-corrected chi connectivity index (χ3v) is 5.92. The van der Waals surface area contributed by atoms with Crippen molar-refractivity contribution in [2.24, 2.45) is 5.73 Å². The lowest BCUT2D eigenvalue weighted by atomic mass is 10.0. The van der Waals surface area contributed by atoms with E-state index in [2.05, 4.69) is 20.1 Å². The Balaban J connectivity index is 1.68. The van der Waals surface area contributed by atoms with Crippen LogP contribution in [0.15, 0.2) is 71.8 Å². The fourth-order valence-corrected chi connectivity index (χ4v) is 4.02. The highest BCUT2D eigenvalue weighted by Crippen LogP contribution is 2.24. The molecule has 2 radical (unpaired) electrons. The van der Waals surface area contributed by atoms with Crippen molar-refractivity contribution in [2.45, 2.75) is 4.90 Å². The summed E-state index contributed by atoms with van der Waals surface area (Å²) in [6, 6.07) is 18.0. The largest absolute Gasteiger partial charge is 0.340 e. The van der Waals surface area contributed by atoms with Crippen molar-refractivity contribution in [3.8, 4) is 11.3 Å². The molecule has 150 valence electrons. The van der Waals surface area contributed by atoms with Gasteiger partial charge in [-0.2, -0.15) is 9.61 Å². The van der Waals surface area contributed by atoms with Crippen LogP contribution in [-0.2, 0) is 10.0 Å². The van der Waals surface area contributed by atoms with Crippen molar-refractivity contribution in [2.75, 3.05) is 18.4 Å². The van der Waals surface area contributed by atoms with E-state index in [1.54, 1.807) is 22.8 Å². The third-order valence-electron chi connectivity index (χ3n) is 4.44. The number of aromatic nitrogens is 3. The van der Waals surface area contributed by atoms with E-state index in [9.17, 15) is 8.42 Å². The number of rotatable bonds is 7. The highest BCUT2D eigenvalue weighted by Gasteiger charge is 2.14. The summed E-state index contributed by atoms with van der Waals surface area (Å²) in [4.78, 5) is 4.78. The van der Waals surface area contributed by atoms with Crippen LogP contribution >= 0.6 is 0 Å². The van der Waals surface area contributed by atoms with Crippen LogP contribution in [0.5, 0.6) is 0 Å². The molecule has 2 heterocycles. The van der Waals surface area contributed by atoms with Crippen molar-refractivity contribution in [1.82, 2.24) is 19.3 Å². The van der Waals surface area contributed by atoms with Gasteiger partial charge in [-0.25, -0.2) is 18.1 Å². The summed E-state index contributed by atoms with van der Waals surface area (Å²) < 4.78 is 28.5. The number of nitrogens with one attached hydrogen (secondary N) is 2. The van der Waals surface area contributed by atoms with E-state index in [-0.39, 0.29) is 18.0 Å². The molecule has 0 spiro atoms. The molecule has 0 saturated heterocycles. The van der Waals surface area contributed by atoms with Crippen LogP contribution in [-0.4, -0.2) is 44.0 Å². The Kier molecular flexibility index (Phi) is 5.54. The van der Waals surface area contributed by atoms with Crippen molar-refractivity contribution in [3.05, 3.63) is 66.9 Å². The Labute approximate surface area is 175 Å². The molecule has 0 aliphatic rings. The lowest BCUT2D eigenvalue weighted by Gasteiger charge is -2.12. The molecule has 0 amide bonds. The molecule has 2 aromatic carbocycles. The lowest BCUT2D eigenvalue weighted by molar-refractivity contribution is 0.582. The van der Waals surface area contributed by atoms with E-state index in [1.807, 2.05) is 36.4 Å². The molecule has 0 bridgehead atoms. The minimum absolute atomic E-state index is 0.162. The van der Waals surface area contributed by atoms with Gasteiger partial charge in [0.05, 0.1) is 10.6 Å². The zero-order valence-electron chi connectivity index (χ0n) is 16.0. The van der Waals surface area contributed by atoms with Crippen LogP contribution in [0.1, 0.15) is 0 Å². The van der Waals surface area contributed by atoms with E-state index in [0.717, 1.165) is 11.3 Å². The second-order valence-corrected chi connectivity index (χ2v) is 8.33. The number of nitrogens with two attached hydrogens (primary N) is 1. The first-order valence-corrected chi connectivity index (χ1v) is 10.7. The van der Waals surface area contributed by atoms with Gasteiger partial charge in [0.15, 0.2) is 5.65 Å². The zero-order chi connectivity index (χ0) is 21.1. The maximum atomic E-state index is 12.2. The number of hydrogen-bond donors (Lipinski definition) is 3. The molecule has 0 aliphatic carbocycles. The first-order chi connectivity index (χ1) is 14.5. The van der Waals surface area contributed by atoms with Crippen LogP contribution in [0.4, 0.5) is 11.5 Å². The molecule has 0 fully saturated rings. The topological polar surface area (TPSA) is 114 Å². The second-order valence-electron chi connectivity index (χ2n) is 6.56. The van der Waals surface area contributed by atoms with E-state index >= 15 is 0 Å². The summed E-state index contributed by atoms with van der Waals surface area (Å²) in [6.07, 6.45) is 1.54. The normalized spacial score (nSPS) is 11.6. The minimum Gasteiger partial charge on any atom is -0.340 e. The SMILES string of the molecule is [B]c1cnn2c(Nc3ccc(S(=O)(=O)NCCN)cc3)cc(-c3ccccc3)nc12. The first kappa shape index (κ1) is 20.1. The van der Waals surface area contributed by atoms with Gasteiger partial charge < -0.3 is 11.1 Å². The Bertz CT molecular complexity index is 1270. The summed E-state index contributed by atoms with van der Waals surface area (Å²) in [6.45, 7) is 0.411. The summed E-state index contributed by atoms with van der Waals surface area (Å²) in [5.41, 5.74) is 8.73. The fourth-order valence-electron chi connectivity index (χ4n) is 2.97. The number of sulfonamides is 1. The molecule has 30 heavy (non-hydrogen) atoms.